The van der Waals surface area contributed by atoms with Crippen LogP contribution in [0.1, 0.15) is 32.1 Å². The molecule has 17 heavy (non-hydrogen) atoms. The van der Waals surface area contributed by atoms with E-state index in [2.05, 4.69) is 10.2 Å². The summed E-state index contributed by atoms with van der Waals surface area (Å²) in [5.41, 5.74) is 0. The van der Waals surface area contributed by atoms with Crippen molar-refractivity contribution in [1.29, 1.82) is 0 Å². The summed E-state index contributed by atoms with van der Waals surface area (Å²) in [5, 5.41) is 3.06. The largest absolute Gasteiger partial charge is 0.468 e. The van der Waals surface area contributed by atoms with Gasteiger partial charge in [-0.2, -0.15) is 0 Å². The fourth-order valence-corrected chi connectivity index (χ4v) is 3.44. The topological polar surface area (TPSA) is 41.6 Å². The van der Waals surface area contributed by atoms with Crippen molar-refractivity contribution in [2.45, 2.75) is 44.2 Å². The molecule has 4 heteroatoms. The zero-order chi connectivity index (χ0) is 12.3. The fourth-order valence-electron chi connectivity index (χ4n) is 3.44. The Morgan fingerprint density at radius 1 is 1.41 bits per heavy atom. The SMILES string of the molecule is CNC(CN1CCCC2CCCC21)C(=O)OC. The molecule has 2 fully saturated rings. The van der Waals surface area contributed by atoms with E-state index in [1.807, 2.05) is 7.05 Å². The number of carbonyl (C=O) groups is 1. The number of methoxy groups -OCH3 is 1. The van der Waals surface area contributed by atoms with E-state index in [9.17, 15) is 4.79 Å². The van der Waals surface area contributed by atoms with Crippen LogP contribution in [0.3, 0.4) is 0 Å². The van der Waals surface area contributed by atoms with Crippen LogP contribution in [-0.4, -0.2) is 50.2 Å². The van der Waals surface area contributed by atoms with Crippen molar-refractivity contribution < 1.29 is 9.53 Å². The second-order valence-electron chi connectivity index (χ2n) is 5.26. The molecule has 1 aliphatic carbocycles. The minimum Gasteiger partial charge on any atom is -0.468 e. The molecule has 0 spiro atoms. The highest BCUT2D eigenvalue weighted by Crippen LogP contribution is 2.36. The van der Waals surface area contributed by atoms with E-state index >= 15 is 0 Å². The average molecular weight is 240 g/mol. The first-order valence-corrected chi connectivity index (χ1v) is 6.75. The number of fused-ring (bicyclic) bond motifs is 1. The molecule has 3 unspecified atom stereocenters. The third-order valence-corrected chi connectivity index (χ3v) is 4.36. The summed E-state index contributed by atoms with van der Waals surface area (Å²) < 4.78 is 4.83. The van der Waals surface area contributed by atoms with Crippen LogP contribution in [0.2, 0.25) is 0 Å². The Kier molecular flexibility index (Phi) is 4.40. The van der Waals surface area contributed by atoms with Gasteiger partial charge < -0.3 is 10.1 Å². The van der Waals surface area contributed by atoms with Gasteiger partial charge in [0.05, 0.1) is 7.11 Å². The normalized spacial score (nSPS) is 30.9. The van der Waals surface area contributed by atoms with E-state index in [0.717, 1.165) is 19.0 Å². The molecule has 2 rings (SSSR count). The second-order valence-corrected chi connectivity index (χ2v) is 5.26. The quantitative estimate of drug-likeness (QED) is 0.745. The summed E-state index contributed by atoms with van der Waals surface area (Å²) in [5.74, 6) is 0.728. The molecule has 0 radical (unpaired) electrons. The maximum absolute atomic E-state index is 11.6. The van der Waals surface area contributed by atoms with Gasteiger partial charge in [0.25, 0.3) is 0 Å². The van der Waals surface area contributed by atoms with Crippen LogP contribution in [0.5, 0.6) is 0 Å². The van der Waals surface area contributed by atoms with Crippen molar-refractivity contribution in [1.82, 2.24) is 10.2 Å². The molecule has 4 nitrogen and oxygen atoms in total. The van der Waals surface area contributed by atoms with Crippen LogP contribution in [-0.2, 0) is 9.53 Å². The number of carbonyl (C=O) groups excluding carboxylic acids is 1. The number of nitrogens with one attached hydrogen (secondary N) is 1. The van der Waals surface area contributed by atoms with Gasteiger partial charge in [-0.3, -0.25) is 9.69 Å². The first kappa shape index (κ1) is 12.8. The van der Waals surface area contributed by atoms with Gasteiger partial charge in [-0.1, -0.05) is 6.42 Å². The summed E-state index contributed by atoms with van der Waals surface area (Å²) >= 11 is 0. The Labute approximate surface area is 104 Å². The lowest BCUT2D eigenvalue weighted by Crippen LogP contribution is -2.51. The van der Waals surface area contributed by atoms with E-state index in [-0.39, 0.29) is 12.0 Å². The monoisotopic (exact) mass is 240 g/mol. The van der Waals surface area contributed by atoms with Crippen molar-refractivity contribution in [2.75, 3.05) is 27.2 Å². The molecule has 0 amide bonds. The van der Waals surface area contributed by atoms with Gasteiger partial charge in [-0.05, 0) is 45.2 Å². The Balaban J connectivity index is 1.94. The number of ether oxygens (including phenoxy) is 1. The third kappa shape index (κ3) is 2.80. The number of hydrogen-bond acceptors (Lipinski definition) is 4. The number of rotatable bonds is 4. The second kappa shape index (κ2) is 5.83. The lowest BCUT2D eigenvalue weighted by molar-refractivity contribution is -0.143. The van der Waals surface area contributed by atoms with Crippen molar-refractivity contribution in [3.8, 4) is 0 Å². The van der Waals surface area contributed by atoms with Crippen LogP contribution >= 0.6 is 0 Å². The van der Waals surface area contributed by atoms with Gasteiger partial charge in [0.2, 0.25) is 0 Å². The summed E-state index contributed by atoms with van der Waals surface area (Å²) in [4.78, 5) is 14.1. The molecule has 3 atom stereocenters. The maximum atomic E-state index is 11.6. The van der Waals surface area contributed by atoms with Crippen molar-refractivity contribution in [3.05, 3.63) is 0 Å². The highest BCUT2D eigenvalue weighted by molar-refractivity contribution is 5.75. The van der Waals surface area contributed by atoms with Gasteiger partial charge in [0, 0.05) is 12.6 Å². The molecule has 1 N–H and O–H groups in total. The lowest BCUT2D eigenvalue weighted by Gasteiger charge is -2.39. The predicted molar refractivity (Wildman–Crippen MR) is 66.8 cm³/mol. The Bertz CT molecular complexity index is 270. The number of piperidine rings is 1. The highest BCUT2D eigenvalue weighted by Gasteiger charge is 2.36. The maximum Gasteiger partial charge on any atom is 0.324 e. The van der Waals surface area contributed by atoms with Crippen molar-refractivity contribution in [3.63, 3.8) is 0 Å². The molecule has 1 saturated heterocycles. The molecule has 1 aliphatic heterocycles. The van der Waals surface area contributed by atoms with E-state index in [0.29, 0.717) is 6.04 Å². The number of hydrogen-bond donors (Lipinski definition) is 1. The van der Waals surface area contributed by atoms with Crippen LogP contribution in [0.25, 0.3) is 0 Å². The lowest BCUT2D eigenvalue weighted by atomic mass is 9.91. The van der Waals surface area contributed by atoms with Gasteiger partial charge in [-0.15, -0.1) is 0 Å². The number of esters is 1. The summed E-state index contributed by atoms with van der Waals surface area (Å²) in [6.07, 6.45) is 6.70. The standard InChI is InChI=1S/C13H24N2O2/c1-14-11(13(16)17-2)9-15-8-4-6-10-5-3-7-12(10)15/h10-12,14H,3-9H2,1-2H3. The van der Waals surface area contributed by atoms with Gasteiger partial charge in [-0.25, -0.2) is 0 Å². The van der Waals surface area contributed by atoms with Crippen LogP contribution in [0, 0.1) is 5.92 Å². The number of likely N-dealkylation sites (N-methyl/N-ethyl adjacent to an activating group) is 1. The van der Waals surface area contributed by atoms with Crippen LogP contribution in [0.15, 0.2) is 0 Å². The number of likely N-dealkylation sites (tertiary alicyclic amines) is 1. The highest BCUT2D eigenvalue weighted by atomic mass is 16.5. The third-order valence-electron chi connectivity index (χ3n) is 4.36. The smallest absolute Gasteiger partial charge is 0.324 e. The molecule has 0 aromatic carbocycles. The molecule has 1 heterocycles. The molecule has 0 aromatic rings. The molecule has 2 aliphatic rings. The minimum absolute atomic E-state index is 0.146. The van der Waals surface area contributed by atoms with Crippen molar-refractivity contribution in [2.24, 2.45) is 5.92 Å². The Hall–Kier alpha value is -0.610. The first-order chi connectivity index (χ1) is 8.26. The zero-order valence-electron chi connectivity index (χ0n) is 10.9. The van der Waals surface area contributed by atoms with Gasteiger partial charge >= 0.3 is 5.97 Å². The van der Waals surface area contributed by atoms with Gasteiger partial charge in [0.1, 0.15) is 6.04 Å². The molecular formula is C13H24N2O2. The summed E-state index contributed by atoms with van der Waals surface area (Å²) in [7, 11) is 3.29. The molecule has 1 saturated carbocycles. The average Bonchev–Trinajstić information content (AvgIpc) is 2.83. The fraction of sp³-hybridized carbons (Fsp3) is 0.923. The predicted octanol–water partition coefficient (Wildman–Crippen LogP) is 1.01. The van der Waals surface area contributed by atoms with Crippen LogP contribution in [0.4, 0.5) is 0 Å². The van der Waals surface area contributed by atoms with E-state index < -0.39 is 0 Å². The zero-order valence-corrected chi connectivity index (χ0v) is 10.9. The summed E-state index contributed by atoms with van der Waals surface area (Å²) in [6.45, 7) is 1.93. The Morgan fingerprint density at radius 3 is 2.88 bits per heavy atom. The minimum atomic E-state index is -0.181. The molecule has 0 bridgehead atoms. The molecular weight excluding hydrogens is 216 g/mol. The van der Waals surface area contributed by atoms with Gasteiger partial charge in [0.15, 0.2) is 0 Å². The Morgan fingerprint density at radius 2 is 2.18 bits per heavy atom. The van der Waals surface area contributed by atoms with Crippen LogP contribution < -0.4 is 5.32 Å². The van der Waals surface area contributed by atoms with E-state index in [1.54, 1.807) is 0 Å². The summed E-state index contributed by atoms with van der Waals surface area (Å²) in [6, 6.07) is 0.531. The molecule has 0 aromatic heterocycles. The van der Waals surface area contributed by atoms with Crippen molar-refractivity contribution >= 4 is 5.97 Å². The first-order valence-electron chi connectivity index (χ1n) is 6.75. The van der Waals surface area contributed by atoms with E-state index in [1.165, 1.54) is 39.2 Å². The van der Waals surface area contributed by atoms with E-state index in [4.69, 9.17) is 4.74 Å². The molecule has 98 valence electrons. The number of nitrogens with zero attached hydrogens (tertiary/aromatic N) is 1.